The molecule has 5 rings (SSSR count). The van der Waals surface area contributed by atoms with Gasteiger partial charge in [-0.2, -0.15) is 0 Å². The number of rotatable bonds is 6. The molecular weight excluding hydrogens is 484 g/mol. The molecule has 7 nitrogen and oxygen atoms in total. The van der Waals surface area contributed by atoms with Gasteiger partial charge in [0.25, 0.3) is 0 Å². The van der Waals surface area contributed by atoms with E-state index in [0.717, 1.165) is 22.5 Å². The Bertz CT molecular complexity index is 1690. The second-order valence-corrected chi connectivity index (χ2v) is 10.1. The summed E-state index contributed by atoms with van der Waals surface area (Å²) in [5.41, 5.74) is 4.27. The van der Waals surface area contributed by atoms with Crippen LogP contribution >= 0.6 is 0 Å². The molecule has 2 aromatic heterocycles. The minimum atomic E-state index is -3.78. The van der Waals surface area contributed by atoms with Crippen LogP contribution in [0, 0.1) is 18.8 Å². The highest BCUT2D eigenvalue weighted by Crippen LogP contribution is 2.33. The Morgan fingerprint density at radius 2 is 1.68 bits per heavy atom. The Morgan fingerprint density at radius 1 is 0.946 bits per heavy atom. The molecule has 0 saturated carbocycles. The van der Waals surface area contributed by atoms with Crippen LogP contribution in [0.3, 0.4) is 0 Å². The van der Waals surface area contributed by atoms with Gasteiger partial charge < -0.3 is 8.98 Å². The van der Waals surface area contributed by atoms with Crippen molar-refractivity contribution in [2.45, 2.75) is 24.8 Å². The molecular formula is C29H24N4O3S. The summed E-state index contributed by atoms with van der Waals surface area (Å²) in [6.45, 7) is 2.54. The minimum Gasteiger partial charge on any atom is -0.440 e. The average Bonchev–Trinajstić information content (AvgIpc) is 3.51. The lowest BCUT2D eigenvalue weighted by Crippen LogP contribution is -2.11. The fourth-order valence-corrected chi connectivity index (χ4v) is 4.42. The summed E-state index contributed by atoms with van der Waals surface area (Å²) >= 11 is 0. The second-order valence-electron chi connectivity index (χ2n) is 8.50. The first-order chi connectivity index (χ1) is 17.9. The zero-order valence-electron chi connectivity index (χ0n) is 20.1. The largest absolute Gasteiger partial charge is 0.440 e. The Kier molecular flexibility index (Phi) is 6.73. The fraction of sp³-hybridized carbons (Fsp3) is 0.103. The fourth-order valence-electron chi connectivity index (χ4n) is 3.90. The molecule has 0 aliphatic rings. The van der Waals surface area contributed by atoms with Crippen molar-refractivity contribution in [3.8, 4) is 34.4 Å². The molecule has 5 aromatic rings. The minimum absolute atomic E-state index is 0.0422. The number of nitrogens with two attached hydrogens (primary N) is 1. The van der Waals surface area contributed by atoms with Crippen molar-refractivity contribution in [2.75, 3.05) is 0 Å². The van der Waals surface area contributed by atoms with Gasteiger partial charge in [0.05, 0.1) is 11.4 Å². The summed E-state index contributed by atoms with van der Waals surface area (Å²) in [6, 6.07) is 24.0. The van der Waals surface area contributed by atoms with Crippen molar-refractivity contribution in [3.63, 3.8) is 0 Å². The van der Waals surface area contributed by atoms with E-state index in [-0.39, 0.29) is 4.90 Å². The standard InChI is InChI=1S/C29H24N4O3S/c1-21-31-17-19-33(21)18-5-6-22-9-11-23(12-10-22)20-27-32-28(24-7-3-2-4-8-24)29(36-27)25-13-15-26(16-14-25)37(30,34)35/h2-4,7-17,19H,18,20H2,1H3,(H2,30,34,35). The molecule has 0 aliphatic heterocycles. The van der Waals surface area contributed by atoms with Crippen LogP contribution in [0.2, 0.25) is 0 Å². The van der Waals surface area contributed by atoms with Crippen LogP contribution < -0.4 is 5.14 Å². The van der Waals surface area contributed by atoms with E-state index in [1.165, 1.54) is 12.1 Å². The third kappa shape index (κ3) is 5.70. The van der Waals surface area contributed by atoms with E-state index in [1.54, 1.807) is 18.3 Å². The molecule has 37 heavy (non-hydrogen) atoms. The van der Waals surface area contributed by atoms with Gasteiger partial charge in [0.1, 0.15) is 11.5 Å². The number of aromatic nitrogens is 3. The van der Waals surface area contributed by atoms with Gasteiger partial charge in [0.2, 0.25) is 10.0 Å². The average molecular weight is 509 g/mol. The van der Waals surface area contributed by atoms with Gasteiger partial charge in [0.15, 0.2) is 11.7 Å². The molecule has 0 unspecified atom stereocenters. The normalized spacial score (nSPS) is 11.2. The lowest BCUT2D eigenvalue weighted by atomic mass is 10.1. The van der Waals surface area contributed by atoms with Gasteiger partial charge in [-0.3, -0.25) is 0 Å². The van der Waals surface area contributed by atoms with Crippen molar-refractivity contribution in [3.05, 3.63) is 114 Å². The van der Waals surface area contributed by atoms with Crippen LogP contribution in [0.15, 0.2) is 101 Å². The van der Waals surface area contributed by atoms with Gasteiger partial charge in [0, 0.05) is 35.5 Å². The summed E-state index contributed by atoms with van der Waals surface area (Å²) < 4.78 is 31.5. The highest BCUT2D eigenvalue weighted by atomic mass is 32.2. The number of oxazole rings is 1. The maximum absolute atomic E-state index is 11.7. The number of imidazole rings is 1. The predicted octanol–water partition coefficient (Wildman–Crippen LogP) is 4.80. The third-order valence-electron chi connectivity index (χ3n) is 5.88. The second kappa shape index (κ2) is 10.3. The molecule has 184 valence electrons. The van der Waals surface area contributed by atoms with Crippen molar-refractivity contribution >= 4 is 10.0 Å². The summed E-state index contributed by atoms with van der Waals surface area (Å²) in [5, 5.41) is 5.25. The molecule has 0 aliphatic carbocycles. The number of primary sulfonamides is 1. The third-order valence-corrected chi connectivity index (χ3v) is 6.81. The number of hydrogen-bond donors (Lipinski definition) is 1. The number of nitrogens with zero attached hydrogens (tertiary/aromatic N) is 3. The summed E-state index contributed by atoms with van der Waals surface area (Å²) in [5.74, 6) is 8.41. The zero-order chi connectivity index (χ0) is 25.8. The van der Waals surface area contributed by atoms with Gasteiger partial charge >= 0.3 is 0 Å². The van der Waals surface area contributed by atoms with Crippen LogP contribution in [0.5, 0.6) is 0 Å². The lowest BCUT2D eigenvalue weighted by molar-refractivity contribution is 0.519. The Hall–Kier alpha value is -4.45. The van der Waals surface area contributed by atoms with E-state index in [9.17, 15) is 8.42 Å². The number of hydrogen-bond acceptors (Lipinski definition) is 5. The van der Waals surface area contributed by atoms with E-state index < -0.39 is 10.0 Å². The molecule has 8 heteroatoms. The van der Waals surface area contributed by atoms with Crippen molar-refractivity contribution in [1.29, 1.82) is 0 Å². The maximum Gasteiger partial charge on any atom is 0.238 e. The highest BCUT2D eigenvalue weighted by molar-refractivity contribution is 7.89. The SMILES string of the molecule is Cc1nccn1CC#Cc1ccc(Cc2nc(-c3ccccc3)c(-c3ccc(S(N)(=O)=O)cc3)o2)cc1. The van der Waals surface area contributed by atoms with E-state index >= 15 is 0 Å². The lowest BCUT2D eigenvalue weighted by Gasteiger charge is -2.03. The quantitative estimate of drug-likeness (QED) is 0.332. The Balaban J connectivity index is 1.39. The summed E-state index contributed by atoms with van der Waals surface area (Å²) in [7, 11) is -3.78. The van der Waals surface area contributed by atoms with E-state index in [1.807, 2.05) is 72.3 Å². The van der Waals surface area contributed by atoms with Gasteiger partial charge in [-0.1, -0.05) is 54.3 Å². The molecule has 0 saturated heterocycles. The topological polar surface area (TPSA) is 104 Å². The van der Waals surface area contributed by atoms with Crippen LogP contribution in [0.1, 0.15) is 22.8 Å². The number of sulfonamides is 1. The van der Waals surface area contributed by atoms with Crippen molar-refractivity contribution in [2.24, 2.45) is 5.14 Å². The van der Waals surface area contributed by atoms with Crippen LogP contribution in [-0.4, -0.2) is 23.0 Å². The van der Waals surface area contributed by atoms with Crippen LogP contribution in [0.4, 0.5) is 0 Å². The predicted molar refractivity (Wildman–Crippen MR) is 142 cm³/mol. The first-order valence-corrected chi connectivity index (χ1v) is 13.2. The smallest absolute Gasteiger partial charge is 0.238 e. The molecule has 0 bridgehead atoms. The first kappa shape index (κ1) is 24.3. The Morgan fingerprint density at radius 3 is 2.32 bits per heavy atom. The Labute approximate surface area is 215 Å². The molecule has 2 heterocycles. The van der Waals surface area contributed by atoms with Crippen molar-refractivity contribution < 1.29 is 12.8 Å². The molecule has 0 fully saturated rings. The van der Waals surface area contributed by atoms with E-state index in [0.29, 0.717) is 35.9 Å². The molecule has 0 amide bonds. The zero-order valence-corrected chi connectivity index (χ0v) is 20.9. The molecule has 3 aromatic carbocycles. The summed E-state index contributed by atoms with van der Waals surface area (Å²) in [6.07, 6.45) is 4.18. The monoisotopic (exact) mass is 508 g/mol. The van der Waals surface area contributed by atoms with Gasteiger partial charge in [-0.05, 0) is 48.9 Å². The van der Waals surface area contributed by atoms with Gasteiger partial charge in [-0.25, -0.2) is 23.5 Å². The highest BCUT2D eigenvalue weighted by Gasteiger charge is 2.18. The van der Waals surface area contributed by atoms with Crippen molar-refractivity contribution in [1.82, 2.24) is 14.5 Å². The molecule has 0 atom stereocenters. The van der Waals surface area contributed by atoms with Crippen LogP contribution in [-0.2, 0) is 23.0 Å². The summed E-state index contributed by atoms with van der Waals surface area (Å²) in [4.78, 5) is 9.03. The maximum atomic E-state index is 11.7. The van der Waals surface area contributed by atoms with E-state index in [2.05, 4.69) is 16.8 Å². The van der Waals surface area contributed by atoms with Crippen LogP contribution in [0.25, 0.3) is 22.6 Å². The molecule has 0 radical (unpaired) electrons. The molecule has 2 N–H and O–H groups in total. The van der Waals surface area contributed by atoms with E-state index in [4.69, 9.17) is 14.5 Å². The van der Waals surface area contributed by atoms with Gasteiger partial charge in [-0.15, -0.1) is 0 Å². The molecule has 0 spiro atoms. The number of benzene rings is 3. The first-order valence-electron chi connectivity index (χ1n) is 11.6. The number of aryl methyl sites for hydroxylation is 1.